The fourth-order valence-electron chi connectivity index (χ4n) is 5.93. The quantitative estimate of drug-likeness (QED) is 0.281. The molecule has 3 aromatic rings. The highest BCUT2D eigenvalue weighted by molar-refractivity contribution is 5.66. The summed E-state index contributed by atoms with van der Waals surface area (Å²) >= 11 is 0. The average Bonchev–Trinajstić information content (AvgIpc) is 3.04. The van der Waals surface area contributed by atoms with Gasteiger partial charge in [-0.2, -0.15) is 0 Å². The highest BCUT2D eigenvalue weighted by Gasteiger charge is 2.52. The van der Waals surface area contributed by atoms with Crippen LogP contribution in [0.2, 0.25) is 0 Å². The molecular formula is C36H44O9. The SMILES string of the molecule is CC(=O)OC1[C@H](C)OC(C)[C@H](OCc2ccccc2)[C@H]1O[C@@H]1OC(C)[C@H](OCc2ccccc2)[C@@H](OCc2ccccc2)C1O. The Morgan fingerprint density at radius 2 is 1.00 bits per heavy atom. The van der Waals surface area contributed by atoms with Crippen LogP contribution in [0.25, 0.3) is 0 Å². The molecule has 2 aliphatic rings. The summed E-state index contributed by atoms with van der Waals surface area (Å²) in [6, 6.07) is 29.3. The van der Waals surface area contributed by atoms with Crippen molar-refractivity contribution < 1.29 is 43.1 Å². The fraction of sp³-hybridized carbons (Fsp3) is 0.472. The molecule has 9 heteroatoms. The molecule has 45 heavy (non-hydrogen) atoms. The van der Waals surface area contributed by atoms with Gasteiger partial charge in [-0.05, 0) is 37.5 Å². The van der Waals surface area contributed by atoms with Gasteiger partial charge in [0.1, 0.15) is 30.5 Å². The van der Waals surface area contributed by atoms with Gasteiger partial charge in [-0.25, -0.2) is 0 Å². The highest BCUT2D eigenvalue weighted by atomic mass is 16.7. The zero-order valence-electron chi connectivity index (χ0n) is 26.3. The van der Waals surface area contributed by atoms with Gasteiger partial charge in [0.05, 0.1) is 38.1 Å². The van der Waals surface area contributed by atoms with Gasteiger partial charge in [-0.15, -0.1) is 0 Å². The summed E-state index contributed by atoms with van der Waals surface area (Å²) in [7, 11) is 0. The minimum Gasteiger partial charge on any atom is -0.457 e. The first-order valence-corrected chi connectivity index (χ1v) is 15.6. The van der Waals surface area contributed by atoms with Gasteiger partial charge in [0, 0.05) is 6.92 Å². The molecule has 1 N–H and O–H groups in total. The molecule has 0 spiro atoms. The zero-order chi connectivity index (χ0) is 31.8. The van der Waals surface area contributed by atoms with Gasteiger partial charge >= 0.3 is 5.97 Å². The number of hydrogen-bond donors (Lipinski definition) is 1. The second kappa shape index (κ2) is 15.9. The number of esters is 1. The van der Waals surface area contributed by atoms with Gasteiger partial charge in [-0.3, -0.25) is 4.79 Å². The Morgan fingerprint density at radius 1 is 0.600 bits per heavy atom. The highest BCUT2D eigenvalue weighted by Crippen LogP contribution is 2.34. The molecule has 242 valence electrons. The maximum atomic E-state index is 12.2. The Bertz CT molecular complexity index is 1310. The van der Waals surface area contributed by atoms with Crippen molar-refractivity contribution in [3.05, 3.63) is 108 Å². The molecule has 2 saturated heterocycles. The van der Waals surface area contributed by atoms with E-state index < -0.39 is 67.2 Å². The summed E-state index contributed by atoms with van der Waals surface area (Å²) in [4.78, 5) is 12.2. The molecule has 4 unspecified atom stereocenters. The number of rotatable bonds is 12. The monoisotopic (exact) mass is 620 g/mol. The van der Waals surface area contributed by atoms with Crippen molar-refractivity contribution in [2.45, 2.75) is 109 Å². The maximum Gasteiger partial charge on any atom is 0.303 e. The van der Waals surface area contributed by atoms with Gasteiger partial charge in [-0.1, -0.05) is 91.0 Å². The molecule has 0 aliphatic carbocycles. The Morgan fingerprint density at radius 3 is 1.47 bits per heavy atom. The van der Waals surface area contributed by atoms with Crippen LogP contribution in [0.4, 0.5) is 0 Å². The third-order valence-corrected chi connectivity index (χ3v) is 8.20. The Kier molecular flexibility index (Phi) is 11.7. The van der Waals surface area contributed by atoms with Crippen LogP contribution in [0.3, 0.4) is 0 Å². The average molecular weight is 621 g/mol. The maximum absolute atomic E-state index is 12.2. The zero-order valence-corrected chi connectivity index (χ0v) is 26.3. The van der Waals surface area contributed by atoms with E-state index in [-0.39, 0.29) is 6.61 Å². The third kappa shape index (κ3) is 8.77. The number of aliphatic hydroxyl groups excluding tert-OH is 1. The lowest BCUT2D eigenvalue weighted by Crippen LogP contribution is -2.64. The molecule has 5 rings (SSSR count). The topological polar surface area (TPSA) is 102 Å². The summed E-state index contributed by atoms with van der Waals surface area (Å²) in [6.45, 7) is 7.82. The minimum absolute atomic E-state index is 0.261. The van der Waals surface area contributed by atoms with Crippen LogP contribution < -0.4 is 0 Å². The third-order valence-electron chi connectivity index (χ3n) is 8.20. The van der Waals surface area contributed by atoms with Gasteiger partial charge in [0.2, 0.25) is 0 Å². The van der Waals surface area contributed by atoms with Crippen molar-refractivity contribution in [3.8, 4) is 0 Å². The lowest BCUT2D eigenvalue weighted by atomic mass is 9.94. The number of benzene rings is 3. The molecule has 0 saturated carbocycles. The van der Waals surface area contributed by atoms with Crippen molar-refractivity contribution in [2.24, 2.45) is 0 Å². The lowest BCUT2D eigenvalue weighted by Gasteiger charge is -2.48. The molecule has 0 aromatic heterocycles. The smallest absolute Gasteiger partial charge is 0.303 e. The normalized spacial score (nSPS) is 31.8. The number of carbonyl (C=O) groups excluding carboxylic acids is 1. The van der Waals surface area contributed by atoms with Crippen molar-refractivity contribution in [3.63, 3.8) is 0 Å². The summed E-state index contributed by atoms with van der Waals surface area (Å²) in [5.74, 6) is -0.475. The molecule has 3 aromatic carbocycles. The predicted molar refractivity (Wildman–Crippen MR) is 166 cm³/mol. The standard InChI is InChI=1S/C36H44O9/c1-23-32(40-21-28-16-10-6-11-17-28)35(33(25(3)42-23)44-26(4)37)45-36-30(38)34(41-22-29-18-12-7-13-19-29)31(24(2)43-36)39-20-27-14-8-5-9-15-27/h5-19,23-25,30-36,38H,20-22H2,1-4H3/t23?,24?,25-,30?,31-,32-,33?,34-,35+,36-/m0/s1. The Labute approximate surface area is 265 Å². The van der Waals surface area contributed by atoms with E-state index in [1.807, 2.05) is 112 Å². The largest absolute Gasteiger partial charge is 0.457 e. The number of aliphatic hydroxyl groups is 1. The van der Waals surface area contributed by atoms with E-state index in [1.54, 1.807) is 0 Å². The van der Waals surface area contributed by atoms with Gasteiger partial charge < -0.3 is 38.3 Å². The Hall–Kier alpha value is -3.15. The van der Waals surface area contributed by atoms with Crippen LogP contribution in [-0.2, 0) is 57.8 Å². The molecule has 0 radical (unpaired) electrons. The Balaban J connectivity index is 1.38. The van der Waals surface area contributed by atoms with Gasteiger partial charge in [0.15, 0.2) is 12.4 Å². The van der Waals surface area contributed by atoms with E-state index >= 15 is 0 Å². The van der Waals surface area contributed by atoms with Crippen LogP contribution in [0, 0.1) is 0 Å². The number of hydrogen-bond acceptors (Lipinski definition) is 9. The second-order valence-electron chi connectivity index (χ2n) is 11.7. The second-order valence-corrected chi connectivity index (χ2v) is 11.7. The molecule has 0 amide bonds. The van der Waals surface area contributed by atoms with Gasteiger partial charge in [0.25, 0.3) is 0 Å². The van der Waals surface area contributed by atoms with E-state index in [0.717, 1.165) is 16.7 Å². The van der Waals surface area contributed by atoms with E-state index in [9.17, 15) is 9.90 Å². The van der Waals surface area contributed by atoms with Crippen LogP contribution in [0.5, 0.6) is 0 Å². The van der Waals surface area contributed by atoms with Crippen LogP contribution >= 0.6 is 0 Å². The molecule has 2 fully saturated rings. The first-order valence-electron chi connectivity index (χ1n) is 15.6. The van der Waals surface area contributed by atoms with Crippen molar-refractivity contribution in [2.75, 3.05) is 0 Å². The van der Waals surface area contributed by atoms with E-state index in [4.69, 9.17) is 33.2 Å². The van der Waals surface area contributed by atoms with E-state index in [2.05, 4.69) is 0 Å². The molecule has 2 heterocycles. The number of ether oxygens (including phenoxy) is 7. The van der Waals surface area contributed by atoms with Crippen molar-refractivity contribution in [1.29, 1.82) is 0 Å². The van der Waals surface area contributed by atoms with E-state index in [1.165, 1.54) is 6.92 Å². The molecule has 10 atom stereocenters. The van der Waals surface area contributed by atoms with Crippen molar-refractivity contribution >= 4 is 5.97 Å². The van der Waals surface area contributed by atoms with Crippen molar-refractivity contribution in [1.82, 2.24) is 0 Å². The summed E-state index contributed by atoms with van der Waals surface area (Å²) in [5, 5.41) is 11.8. The number of carbonyl (C=O) groups is 1. The first-order chi connectivity index (χ1) is 21.8. The lowest BCUT2D eigenvalue weighted by molar-refractivity contribution is -0.346. The summed E-state index contributed by atoms with van der Waals surface area (Å²) < 4.78 is 43.8. The first kappa shape index (κ1) is 33.2. The molecule has 9 nitrogen and oxygen atoms in total. The minimum atomic E-state index is -1.23. The molecule has 0 bridgehead atoms. The van der Waals surface area contributed by atoms with Crippen LogP contribution in [-0.4, -0.2) is 72.3 Å². The summed E-state index contributed by atoms with van der Waals surface area (Å²) in [6.07, 6.45) is -7.37. The molecule has 2 aliphatic heterocycles. The summed E-state index contributed by atoms with van der Waals surface area (Å²) in [5.41, 5.74) is 2.92. The van der Waals surface area contributed by atoms with E-state index in [0.29, 0.717) is 13.2 Å². The van der Waals surface area contributed by atoms with Crippen LogP contribution in [0.15, 0.2) is 91.0 Å². The fourth-order valence-corrected chi connectivity index (χ4v) is 5.93. The van der Waals surface area contributed by atoms with Crippen LogP contribution in [0.1, 0.15) is 44.4 Å². The molecular weight excluding hydrogens is 576 g/mol. The predicted octanol–water partition coefficient (Wildman–Crippen LogP) is 4.97.